The standard InChI is InChI=1S/C15H24N4O2/c1-11(15(21)17-2)10-19(3)9-8-14(20)18-13-7-5-4-6-12(13)16/h4-7,11H,8-10,16H2,1-3H3,(H,17,21)(H,18,20). The summed E-state index contributed by atoms with van der Waals surface area (Å²) in [5.74, 6) is -0.191. The van der Waals surface area contributed by atoms with E-state index in [0.717, 1.165) is 0 Å². The molecule has 0 saturated carbocycles. The summed E-state index contributed by atoms with van der Waals surface area (Å²) in [4.78, 5) is 25.3. The number of nitrogen functional groups attached to an aromatic ring is 1. The Bertz CT molecular complexity index is 490. The third kappa shape index (κ3) is 5.83. The van der Waals surface area contributed by atoms with Crippen molar-refractivity contribution in [3.63, 3.8) is 0 Å². The van der Waals surface area contributed by atoms with Gasteiger partial charge in [-0.25, -0.2) is 0 Å². The van der Waals surface area contributed by atoms with Crippen molar-refractivity contribution < 1.29 is 9.59 Å². The summed E-state index contributed by atoms with van der Waals surface area (Å²) in [5, 5.41) is 5.40. The third-order valence-electron chi connectivity index (χ3n) is 3.23. The highest BCUT2D eigenvalue weighted by Gasteiger charge is 2.14. The molecule has 0 radical (unpaired) electrons. The van der Waals surface area contributed by atoms with Crippen LogP contribution in [0.1, 0.15) is 13.3 Å². The molecule has 0 spiro atoms. The Hall–Kier alpha value is -2.08. The highest BCUT2D eigenvalue weighted by atomic mass is 16.2. The molecule has 0 aromatic heterocycles. The molecular weight excluding hydrogens is 268 g/mol. The van der Waals surface area contributed by atoms with E-state index in [1.54, 1.807) is 19.2 Å². The zero-order chi connectivity index (χ0) is 15.8. The molecule has 4 N–H and O–H groups in total. The fourth-order valence-electron chi connectivity index (χ4n) is 2.00. The lowest BCUT2D eigenvalue weighted by Gasteiger charge is -2.20. The molecular formula is C15H24N4O2. The van der Waals surface area contributed by atoms with E-state index < -0.39 is 0 Å². The quantitative estimate of drug-likeness (QED) is 0.652. The van der Waals surface area contributed by atoms with Crippen LogP contribution in [0, 0.1) is 5.92 Å². The predicted molar refractivity (Wildman–Crippen MR) is 84.8 cm³/mol. The number of para-hydroxylation sites is 2. The molecule has 1 aromatic carbocycles. The number of carbonyl (C=O) groups is 2. The van der Waals surface area contributed by atoms with Gasteiger partial charge in [0.05, 0.1) is 11.4 Å². The predicted octanol–water partition coefficient (Wildman–Crippen LogP) is 0.911. The summed E-state index contributed by atoms with van der Waals surface area (Å²) in [5.41, 5.74) is 6.95. The van der Waals surface area contributed by atoms with Crippen molar-refractivity contribution in [3.8, 4) is 0 Å². The van der Waals surface area contributed by atoms with Crippen LogP contribution in [0.5, 0.6) is 0 Å². The van der Waals surface area contributed by atoms with Gasteiger partial charge in [-0.3, -0.25) is 9.59 Å². The number of amides is 2. The number of benzene rings is 1. The zero-order valence-corrected chi connectivity index (χ0v) is 12.8. The highest BCUT2D eigenvalue weighted by Crippen LogP contribution is 2.16. The molecule has 0 saturated heterocycles. The van der Waals surface area contributed by atoms with E-state index in [0.29, 0.717) is 30.9 Å². The lowest BCUT2D eigenvalue weighted by atomic mass is 10.1. The van der Waals surface area contributed by atoms with Gasteiger partial charge in [-0.15, -0.1) is 0 Å². The number of rotatable bonds is 7. The monoisotopic (exact) mass is 292 g/mol. The summed E-state index contributed by atoms with van der Waals surface area (Å²) < 4.78 is 0. The van der Waals surface area contributed by atoms with Crippen LogP contribution in [0.3, 0.4) is 0 Å². The van der Waals surface area contributed by atoms with Crippen LogP contribution in [0.25, 0.3) is 0 Å². The van der Waals surface area contributed by atoms with Crippen LogP contribution >= 0.6 is 0 Å². The minimum Gasteiger partial charge on any atom is -0.397 e. The number of nitrogens with zero attached hydrogens (tertiary/aromatic N) is 1. The number of carbonyl (C=O) groups excluding carboxylic acids is 2. The fraction of sp³-hybridized carbons (Fsp3) is 0.467. The van der Waals surface area contributed by atoms with E-state index in [2.05, 4.69) is 10.6 Å². The Morgan fingerprint density at radius 1 is 1.33 bits per heavy atom. The van der Waals surface area contributed by atoms with Crippen molar-refractivity contribution >= 4 is 23.2 Å². The second-order valence-corrected chi connectivity index (χ2v) is 5.16. The van der Waals surface area contributed by atoms with E-state index >= 15 is 0 Å². The van der Waals surface area contributed by atoms with Crippen molar-refractivity contribution in [2.75, 3.05) is 38.2 Å². The van der Waals surface area contributed by atoms with Gasteiger partial charge in [0.15, 0.2) is 0 Å². The minimum atomic E-state index is -0.104. The zero-order valence-electron chi connectivity index (χ0n) is 12.8. The molecule has 1 rings (SSSR count). The third-order valence-corrected chi connectivity index (χ3v) is 3.23. The molecule has 1 aromatic rings. The van der Waals surface area contributed by atoms with Gasteiger partial charge < -0.3 is 21.3 Å². The van der Waals surface area contributed by atoms with Crippen LogP contribution in [0.15, 0.2) is 24.3 Å². The first kappa shape index (κ1) is 17.0. The molecule has 0 aliphatic carbocycles. The Morgan fingerprint density at radius 3 is 2.62 bits per heavy atom. The molecule has 0 heterocycles. The molecule has 0 bridgehead atoms. The second kappa shape index (κ2) is 8.26. The smallest absolute Gasteiger partial charge is 0.225 e. The Kier molecular flexibility index (Phi) is 6.68. The van der Waals surface area contributed by atoms with Crippen molar-refractivity contribution in [3.05, 3.63) is 24.3 Å². The first-order chi connectivity index (χ1) is 9.93. The molecule has 6 heteroatoms. The Morgan fingerprint density at radius 2 is 2.00 bits per heavy atom. The molecule has 0 fully saturated rings. The molecule has 1 atom stereocenters. The number of hydrogen-bond donors (Lipinski definition) is 3. The van der Waals surface area contributed by atoms with Crippen molar-refractivity contribution in [1.29, 1.82) is 0 Å². The van der Waals surface area contributed by atoms with E-state index in [-0.39, 0.29) is 17.7 Å². The van der Waals surface area contributed by atoms with Gasteiger partial charge in [-0.2, -0.15) is 0 Å². The maximum atomic E-state index is 11.9. The summed E-state index contributed by atoms with van der Waals surface area (Å²) in [7, 11) is 3.51. The number of nitrogens with two attached hydrogens (primary N) is 1. The van der Waals surface area contributed by atoms with Crippen LogP contribution in [-0.4, -0.2) is 43.9 Å². The lowest BCUT2D eigenvalue weighted by Crippen LogP contribution is -2.35. The van der Waals surface area contributed by atoms with Gasteiger partial charge in [0.25, 0.3) is 0 Å². The molecule has 2 amide bonds. The van der Waals surface area contributed by atoms with Gasteiger partial charge in [0.1, 0.15) is 0 Å². The lowest BCUT2D eigenvalue weighted by molar-refractivity contribution is -0.124. The summed E-state index contributed by atoms with van der Waals surface area (Å²) in [6, 6.07) is 7.15. The van der Waals surface area contributed by atoms with Gasteiger partial charge in [-0.05, 0) is 19.2 Å². The molecule has 6 nitrogen and oxygen atoms in total. The highest BCUT2D eigenvalue weighted by molar-refractivity contribution is 5.93. The number of nitrogens with one attached hydrogen (secondary N) is 2. The number of anilines is 2. The molecule has 21 heavy (non-hydrogen) atoms. The fourth-order valence-corrected chi connectivity index (χ4v) is 2.00. The maximum Gasteiger partial charge on any atom is 0.225 e. The van der Waals surface area contributed by atoms with Gasteiger partial charge in [0, 0.05) is 32.5 Å². The second-order valence-electron chi connectivity index (χ2n) is 5.16. The SMILES string of the molecule is CNC(=O)C(C)CN(C)CCC(=O)Nc1ccccc1N. The molecule has 116 valence electrons. The van der Waals surface area contributed by atoms with E-state index in [9.17, 15) is 9.59 Å². The Balaban J connectivity index is 2.36. The van der Waals surface area contributed by atoms with Gasteiger partial charge >= 0.3 is 0 Å². The summed E-state index contributed by atoms with van der Waals surface area (Å²) in [6.45, 7) is 3.06. The largest absolute Gasteiger partial charge is 0.397 e. The minimum absolute atomic E-state index is 0.00311. The van der Waals surface area contributed by atoms with Crippen molar-refractivity contribution in [1.82, 2.24) is 10.2 Å². The van der Waals surface area contributed by atoms with Crippen LogP contribution in [0.4, 0.5) is 11.4 Å². The van der Waals surface area contributed by atoms with Crippen LogP contribution in [-0.2, 0) is 9.59 Å². The summed E-state index contributed by atoms with van der Waals surface area (Å²) >= 11 is 0. The van der Waals surface area contributed by atoms with Gasteiger partial charge in [0.2, 0.25) is 11.8 Å². The molecule has 0 aliphatic heterocycles. The van der Waals surface area contributed by atoms with Crippen LogP contribution in [0.2, 0.25) is 0 Å². The van der Waals surface area contributed by atoms with Gasteiger partial charge in [-0.1, -0.05) is 19.1 Å². The topological polar surface area (TPSA) is 87.5 Å². The first-order valence-corrected chi connectivity index (χ1v) is 6.98. The van der Waals surface area contributed by atoms with E-state index in [1.165, 1.54) is 0 Å². The van der Waals surface area contributed by atoms with E-state index in [1.807, 2.05) is 31.0 Å². The maximum absolute atomic E-state index is 11.9. The Labute approximate surface area is 125 Å². The molecule has 1 unspecified atom stereocenters. The normalized spacial score (nSPS) is 12.0. The van der Waals surface area contributed by atoms with E-state index in [4.69, 9.17) is 5.73 Å². The van der Waals surface area contributed by atoms with Crippen molar-refractivity contribution in [2.24, 2.45) is 5.92 Å². The average Bonchev–Trinajstić information content (AvgIpc) is 2.46. The summed E-state index contributed by atoms with van der Waals surface area (Å²) in [6.07, 6.45) is 0.352. The van der Waals surface area contributed by atoms with Crippen LogP contribution < -0.4 is 16.4 Å². The average molecular weight is 292 g/mol. The number of hydrogen-bond acceptors (Lipinski definition) is 4. The van der Waals surface area contributed by atoms with Crippen molar-refractivity contribution in [2.45, 2.75) is 13.3 Å². The molecule has 0 aliphatic rings. The first-order valence-electron chi connectivity index (χ1n) is 6.98.